The number of hydrogen-bond acceptors (Lipinski definition) is 3. The number of benzene rings is 3. The molecule has 0 unspecified atom stereocenters. The first-order chi connectivity index (χ1) is 17.6. The molecule has 3 aromatic carbocycles. The van der Waals surface area contributed by atoms with Gasteiger partial charge in [-0.3, -0.25) is 4.79 Å². The highest BCUT2D eigenvalue weighted by molar-refractivity contribution is 6.07. The van der Waals surface area contributed by atoms with Crippen LogP contribution in [0.5, 0.6) is 5.75 Å². The van der Waals surface area contributed by atoms with Crippen molar-refractivity contribution in [3.63, 3.8) is 0 Å². The van der Waals surface area contributed by atoms with Gasteiger partial charge in [-0.25, -0.2) is 0 Å². The van der Waals surface area contributed by atoms with Gasteiger partial charge in [-0.05, 0) is 73.9 Å². The molecule has 1 aliphatic carbocycles. The Balaban J connectivity index is 1.48. The van der Waals surface area contributed by atoms with Gasteiger partial charge in [-0.2, -0.15) is 0 Å². The van der Waals surface area contributed by atoms with E-state index in [9.17, 15) is 4.79 Å². The van der Waals surface area contributed by atoms with Crippen LogP contribution in [0.3, 0.4) is 0 Å². The minimum absolute atomic E-state index is 0.0785. The fraction of sp³-hybridized carbons (Fsp3) is 0.281. The van der Waals surface area contributed by atoms with Gasteiger partial charge in [-0.1, -0.05) is 54.1 Å². The lowest BCUT2D eigenvalue weighted by atomic mass is 9.94. The first kappa shape index (κ1) is 23.9. The van der Waals surface area contributed by atoms with Crippen LogP contribution in [-0.4, -0.2) is 19.6 Å². The third-order valence-electron chi connectivity index (χ3n) is 7.23. The number of allylic oxidation sites excluding steroid dienone is 2. The molecule has 1 aromatic heterocycles. The Bertz CT molecular complexity index is 1480. The quantitative estimate of drug-likeness (QED) is 0.216. The van der Waals surface area contributed by atoms with Crippen LogP contribution >= 0.6 is 0 Å². The van der Waals surface area contributed by atoms with Gasteiger partial charge in [0.25, 0.3) is 0 Å². The summed E-state index contributed by atoms with van der Waals surface area (Å²) in [4.78, 5) is 12.7. The largest absolute Gasteiger partial charge is 0.496 e. The van der Waals surface area contributed by atoms with Crippen LogP contribution in [0.2, 0.25) is 0 Å². The minimum atomic E-state index is -0.0785. The summed E-state index contributed by atoms with van der Waals surface area (Å²) >= 11 is 0. The van der Waals surface area contributed by atoms with E-state index in [-0.39, 0.29) is 5.91 Å². The number of amides is 1. The number of methoxy groups -OCH3 is 1. The Morgan fingerprint density at radius 1 is 1.08 bits per heavy atom. The molecule has 184 valence electrons. The first-order valence-corrected chi connectivity index (χ1v) is 12.8. The van der Waals surface area contributed by atoms with E-state index in [1.807, 2.05) is 20.1 Å². The molecule has 4 heteroatoms. The summed E-state index contributed by atoms with van der Waals surface area (Å²) in [6, 6.07) is 16.8. The molecule has 4 aromatic rings. The number of fused-ring (bicyclic) bond motifs is 2. The van der Waals surface area contributed by atoms with Crippen LogP contribution in [0.4, 0.5) is 0 Å². The monoisotopic (exact) mass is 479 g/mol. The molecule has 4 nitrogen and oxygen atoms in total. The van der Waals surface area contributed by atoms with Crippen molar-refractivity contribution in [2.24, 2.45) is 0 Å². The van der Waals surface area contributed by atoms with Gasteiger partial charge in [0.15, 0.2) is 0 Å². The Labute approximate surface area is 212 Å². The molecule has 1 aliphatic rings. The molecule has 1 amide bonds. The molecule has 1 heterocycles. The number of rotatable bonds is 7. The molecular formula is C32H33NO3. The Morgan fingerprint density at radius 2 is 1.92 bits per heavy atom. The number of furan rings is 1. The molecule has 0 saturated carbocycles. The van der Waals surface area contributed by atoms with Crippen molar-refractivity contribution >= 4 is 33.2 Å². The van der Waals surface area contributed by atoms with Gasteiger partial charge in [0.05, 0.1) is 13.4 Å². The van der Waals surface area contributed by atoms with Crippen molar-refractivity contribution in [2.75, 3.05) is 13.7 Å². The summed E-state index contributed by atoms with van der Waals surface area (Å²) in [5.74, 6) is 0.653. The summed E-state index contributed by atoms with van der Waals surface area (Å²) in [6.07, 6.45) is 11.6. The SMILES string of the molecule is COc1c(/C(C)=C/C(=O)NCCC2=CCCCC2)cc2c(-c3cccc4ccccc34)coc2c1C. The normalized spacial score (nSPS) is 14.2. The van der Waals surface area contributed by atoms with Gasteiger partial charge < -0.3 is 14.5 Å². The summed E-state index contributed by atoms with van der Waals surface area (Å²) in [6.45, 7) is 4.63. The number of nitrogens with one attached hydrogen (secondary N) is 1. The van der Waals surface area contributed by atoms with Gasteiger partial charge >= 0.3 is 0 Å². The maximum atomic E-state index is 12.7. The second-order valence-corrected chi connectivity index (χ2v) is 9.61. The fourth-order valence-corrected chi connectivity index (χ4v) is 5.34. The van der Waals surface area contributed by atoms with Crippen molar-refractivity contribution in [3.8, 4) is 16.9 Å². The summed E-state index contributed by atoms with van der Waals surface area (Å²) < 4.78 is 11.9. The number of hydrogen-bond donors (Lipinski definition) is 1. The third kappa shape index (κ3) is 4.68. The lowest BCUT2D eigenvalue weighted by molar-refractivity contribution is -0.116. The highest BCUT2D eigenvalue weighted by Crippen LogP contribution is 2.42. The molecule has 0 atom stereocenters. The number of carbonyl (C=O) groups is 1. The second kappa shape index (κ2) is 10.4. The van der Waals surface area contributed by atoms with Gasteiger partial charge in [0.1, 0.15) is 11.3 Å². The van der Waals surface area contributed by atoms with Gasteiger partial charge in [0, 0.05) is 34.7 Å². The van der Waals surface area contributed by atoms with Gasteiger partial charge in [-0.15, -0.1) is 0 Å². The fourth-order valence-electron chi connectivity index (χ4n) is 5.34. The minimum Gasteiger partial charge on any atom is -0.496 e. The molecule has 0 spiro atoms. The Morgan fingerprint density at radius 3 is 2.72 bits per heavy atom. The number of carbonyl (C=O) groups excluding carboxylic acids is 1. The maximum Gasteiger partial charge on any atom is 0.244 e. The van der Waals surface area contributed by atoms with E-state index < -0.39 is 0 Å². The van der Waals surface area contributed by atoms with Gasteiger partial charge in [0.2, 0.25) is 5.91 Å². The highest BCUT2D eigenvalue weighted by Gasteiger charge is 2.19. The zero-order chi connectivity index (χ0) is 25.1. The topological polar surface area (TPSA) is 51.5 Å². The smallest absolute Gasteiger partial charge is 0.244 e. The standard InChI is InChI=1S/C32H33NO3/c1-21(18-30(34)33-17-16-23-10-5-4-6-11-23)27-19-28-29(20-36-32(28)22(2)31(27)35-3)26-15-9-13-24-12-7-8-14-25(24)26/h7-10,12-15,18-20H,4-6,11,16-17H2,1-3H3,(H,33,34)/b21-18+. The van der Waals surface area contributed by atoms with Crippen molar-refractivity contribution in [2.45, 2.75) is 46.0 Å². The second-order valence-electron chi connectivity index (χ2n) is 9.61. The molecule has 0 bridgehead atoms. The molecule has 0 aliphatic heterocycles. The van der Waals surface area contributed by atoms with E-state index in [1.54, 1.807) is 13.2 Å². The van der Waals surface area contributed by atoms with Crippen LogP contribution < -0.4 is 10.1 Å². The van der Waals surface area contributed by atoms with Crippen LogP contribution in [-0.2, 0) is 4.79 Å². The van der Waals surface area contributed by atoms with E-state index in [1.165, 1.54) is 35.6 Å². The molecule has 36 heavy (non-hydrogen) atoms. The van der Waals surface area contributed by atoms with Crippen LogP contribution in [0.1, 0.15) is 50.2 Å². The number of ether oxygens (including phenoxy) is 1. The number of aryl methyl sites for hydroxylation is 1. The van der Waals surface area contributed by atoms with Crippen molar-refractivity contribution < 1.29 is 13.9 Å². The van der Waals surface area contributed by atoms with Crippen LogP contribution in [0, 0.1) is 6.92 Å². The average Bonchev–Trinajstić information content (AvgIpc) is 3.33. The Hall–Kier alpha value is -3.79. The predicted octanol–water partition coefficient (Wildman–Crippen LogP) is 7.98. The molecule has 0 radical (unpaired) electrons. The summed E-state index contributed by atoms with van der Waals surface area (Å²) in [7, 11) is 1.66. The molecule has 0 fully saturated rings. The zero-order valence-electron chi connectivity index (χ0n) is 21.3. The third-order valence-corrected chi connectivity index (χ3v) is 7.23. The molecule has 5 rings (SSSR count). The van der Waals surface area contributed by atoms with E-state index in [4.69, 9.17) is 9.15 Å². The predicted molar refractivity (Wildman–Crippen MR) is 148 cm³/mol. The molecular weight excluding hydrogens is 446 g/mol. The Kier molecular flexibility index (Phi) is 6.95. The average molecular weight is 480 g/mol. The molecule has 0 saturated heterocycles. The summed E-state index contributed by atoms with van der Waals surface area (Å²) in [5.41, 5.74) is 7.11. The van der Waals surface area contributed by atoms with E-state index in [2.05, 4.69) is 59.9 Å². The molecule has 1 N–H and O–H groups in total. The maximum absolute atomic E-state index is 12.7. The van der Waals surface area contributed by atoms with Crippen LogP contribution in [0.25, 0.3) is 38.4 Å². The lowest BCUT2D eigenvalue weighted by Crippen LogP contribution is -2.23. The van der Waals surface area contributed by atoms with Crippen molar-refractivity contribution in [1.29, 1.82) is 0 Å². The van der Waals surface area contributed by atoms with E-state index in [0.29, 0.717) is 6.54 Å². The first-order valence-electron chi connectivity index (χ1n) is 12.8. The van der Waals surface area contributed by atoms with Crippen molar-refractivity contribution in [3.05, 3.63) is 83.6 Å². The zero-order valence-corrected chi connectivity index (χ0v) is 21.3. The lowest BCUT2D eigenvalue weighted by Gasteiger charge is -2.14. The highest BCUT2D eigenvalue weighted by atomic mass is 16.5. The van der Waals surface area contributed by atoms with Crippen molar-refractivity contribution in [1.82, 2.24) is 5.32 Å². The summed E-state index contributed by atoms with van der Waals surface area (Å²) in [5, 5.41) is 6.43. The van der Waals surface area contributed by atoms with Crippen LogP contribution in [0.15, 0.2) is 76.9 Å². The van der Waals surface area contributed by atoms with E-state index in [0.717, 1.165) is 57.4 Å². The van der Waals surface area contributed by atoms with E-state index >= 15 is 0 Å².